The summed E-state index contributed by atoms with van der Waals surface area (Å²) in [5.74, 6) is 0.722. The molecule has 1 N–H and O–H groups in total. The number of alkyl halides is 1. The third-order valence-corrected chi connectivity index (χ3v) is 2.56. The van der Waals surface area contributed by atoms with Gasteiger partial charge in [0.1, 0.15) is 0 Å². The predicted octanol–water partition coefficient (Wildman–Crippen LogP) is 2.73. The highest BCUT2D eigenvalue weighted by Gasteiger charge is 2.06. The van der Waals surface area contributed by atoms with E-state index in [1.54, 1.807) is 16.8 Å². The summed E-state index contributed by atoms with van der Waals surface area (Å²) in [6, 6.07) is 7.47. The van der Waals surface area contributed by atoms with Crippen LogP contribution in [0.2, 0.25) is 0 Å². The monoisotopic (exact) mass is 263 g/mol. The number of imidazole rings is 1. The molecular weight excluding hydrogens is 250 g/mol. The second-order valence-electron chi connectivity index (χ2n) is 3.81. The molecule has 0 aliphatic heterocycles. The number of nitrogens with zero attached hydrogens (tertiary/aromatic N) is 2. The zero-order valence-electron chi connectivity index (χ0n) is 10.3. The van der Waals surface area contributed by atoms with E-state index in [1.807, 2.05) is 32.0 Å². The highest BCUT2D eigenvalue weighted by molar-refractivity contribution is 6.17. The second-order valence-corrected chi connectivity index (χ2v) is 4.35. The van der Waals surface area contributed by atoms with E-state index < -0.39 is 0 Å². The zero-order valence-corrected chi connectivity index (χ0v) is 11.0. The van der Waals surface area contributed by atoms with Gasteiger partial charge in [0, 0.05) is 11.3 Å². The van der Waals surface area contributed by atoms with E-state index in [0.29, 0.717) is 5.39 Å². The first-order chi connectivity index (χ1) is 8.69. The summed E-state index contributed by atoms with van der Waals surface area (Å²) in [6.07, 6.45) is 1.75. The lowest BCUT2D eigenvalue weighted by Crippen LogP contribution is -2.12. The lowest BCUT2D eigenvalue weighted by atomic mass is 10.2. The molecule has 4 nitrogen and oxygen atoms in total. The molecule has 1 aromatic carbocycles. The van der Waals surface area contributed by atoms with Crippen molar-refractivity contribution in [3.8, 4) is 0 Å². The van der Waals surface area contributed by atoms with E-state index in [-0.39, 0.29) is 5.56 Å². The first kappa shape index (κ1) is 12.6. The molecule has 5 heteroatoms. The number of aryl methyl sites for hydroxylation is 1. The van der Waals surface area contributed by atoms with Crippen LogP contribution in [0.25, 0.3) is 16.4 Å². The van der Waals surface area contributed by atoms with Gasteiger partial charge in [-0.25, -0.2) is 9.50 Å². The van der Waals surface area contributed by atoms with Crippen molar-refractivity contribution in [3.05, 3.63) is 46.5 Å². The number of hydrogen-bond acceptors (Lipinski definition) is 2. The summed E-state index contributed by atoms with van der Waals surface area (Å²) in [6.45, 7) is 3.80. The molecule has 2 aromatic heterocycles. The summed E-state index contributed by atoms with van der Waals surface area (Å²) in [5.41, 5.74) is 1.63. The van der Waals surface area contributed by atoms with Crippen LogP contribution < -0.4 is 5.56 Å². The average Bonchev–Trinajstić information content (AvgIpc) is 2.73. The molecule has 0 atom stereocenters. The van der Waals surface area contributed by atoms with Gasteiger partial charge in [-0.05, 0) is 13.0 Å². The molecule has 0 amide bonds. The Bertz CT molecular complexity index is 730. The molecule has 3 aromatic rings. The van der Waals surface area contributed by atoms with Crippen molar-refractivity contribution >= 4 is 28.0 Å². The molecule has 0 fully saturated rings. The van der Waals surface area contributed by atoms with E-state index in [2.05, 4.69) is 10.1 Å². The normalized spacial score (nSPS) is 10.4. The first-order valence-corrected chi connectivity index (χ1v) is 6.23. The number of aromatic amines is 1. The van der Waals surface area contributed by atoms with Crippen LogP contribution in [-0.2, 0) is 0 Å². The van der Waals surface area contributed by atoms with Crippen molar-refractivity contribution in [2.45, 2.75) is 13.8 Å². The van der Waals surface area contributed by atoms with Gasteiger partial charge in [-0.2, -0.15) is 0 Å². The first-order valence-electron chi connectivity index (χ1n) is 5.70. The van der Waals surface area contributed by atoms with Crippen LogP contribution in [-0.4, -0.2) is 20.5 Å². The topological polar surface area (TPSA) is 50.2 Å². The lowest BCUT2D eigenvalue weighted by Gasteiger charge is -2.00. The minimum absolute atomic E-state index is 0.0841. The van der Waals surface area contributed by atoms with Crippen LogP contribution in [0.3, 0.4) is 0 Å². The van der Waals surface area contributed by atoms with Crippen molar-refractivity contribution in [1.82, 2.24) is 14.6 Å². The van der Waals surface area contributed by atoms with Crippen LogP contribution in [0.4, 0.5) is 0 Å². The van der Waals surface area contributed by atoms with Gasteiger partial charge >= 0.3 is 0 Å². The Balaban J connectivity index is 0.000000367. The zero-order chi connectivity index (χ0) is 13.1. The third-order valence-electron chi connectivity index (χ3n) is 2.56. The minimum atomic E-state index is -0.0841. The molecule has 0 aliphatic carbocycles. The largest absolute Gasteiger partial charge is 0.270 e. The molecule has 0 radical (unpaired) electrons. The highest BCUT2D eigenvalue weighted by Crippen LogP contribution is 2.14. The second kappa shape index (κ2) is 5.23. The molecule has 0 saturated heterocycles. The van der Waals surface area contributed by atoms with Crippen LogP contribution in [0.1, 0.15) is 12.6 Å². The van der Waals surface area contributed by atoms with E-state index in [1.165, 1.54) is 0 Å². The van der Waals surface area contributed by atoms with Crippen LogP contribution in [0.15, 0.2) is 35.3 Å². The fourth-order valence-electron chi connectivity index (χ4n) is 1.81. The Morgan fingerprint density at radius 3 is 2.61 bits per heavy atom. The van der Waals surface area contributed by atoms with E-state index >= 15 is 0 Å². The fourth-order valence-corrected chi connectivity index (χ4v) is 1.81. The standard InChI is InChI=1S/C11H9N3O.C2H5Cl/c1-7-6-12-10-8-4-2-3-5-9(8)11(15)13-14(7)10;1-2-3/h2-6H,1H3,(H,13,15);2H2,1H3. The molecular formula is C13H14ClN3O. The molecule has 94 valence electrons. The van der Waals surface area contributed by atoms with Gasteiger partial charge in [-0.3, -0.25) is 9.89 Å². The van der Waals surface area contributed by atoms with Crippen molar-refractivity contribution in [2.24, 2.45) is 0 Å². The Morgan fingerprint density at radius 1 is 1.33 bits per heavy atom. The summed E-state index contributed by atoms with van der Waals surface area (Å²) >= 11 is 5.00. The van der Waals surface area contributed by atoms with Gasteiger partial charge in [0.15, 0.2) is 5.65 Å². The fraction of sp³-hybridized carbons (Fsp3) is 0.231. The van der Waals surface area contributed by atoms with Crippen LogP contribution in [0.5, 0.6) is 0 Å². The lowest BCUT2D eigenvalue weighted by molar-refractivity contribution is 0.885. The number of fused-ring (bicyclic) bond motifs is 3. The molecule has 0 saturated carbocycles. The van der Waals surface area contributed by atoms with Gasteiger partial charge in [-0.15, -0.1) is 11.6 Å². The minimum Gasteiger partial charge on any atom is -0.267 e. The Morgan fingerprint density at radius 2 is 1.94 bits per heavy atom. The molecule has 0 bridgehead atoms. The van der Waals surface area contributed by atoms with Crippen LogP contribution >= 0.6 is 11.6 Å². The molecule has 18 heavy (non-hydrogen) atoms. The number of hydrogen-bond donors (Lipinski definition) is 1. The predicted molar refractivity (Wildman–Crippen MR) is 74.4 cm³/mol. The number of halogens is 1. The number of H-pyrrole nitrogens is 1. The Kier molecular flexibility index (Phi) is 3.67. The van der Waals surface area contributed by atoms with Crippen molar-refractivity contribution in [2.75, 3.05) is 5.88 Å². The smallest absolute Gasteiger partial charge is 0.267 e. The maximum atomic E-state index is 11.7. The van der Waals surface area contributed by atoms with Gasteiger partial charge < -0.3 is 0 Å². The van der Waals surface area contributed by atoms with E-state index in [4.69, 9.17) is 11.6 Å². The van der Waals surface area contributed by atoms with Gasteiger partial charge in [0.25, 0.3) is 5.56 Å². The van der Waals surface area contributed by atoms with Crippen molar-refractivity contribution < 1.29 is 0 Å². The molecule has 2 heterocycles. The summed E-state index contributed by atoms with van der Waals surface area (Å²) in [4.78, 5) is 16.0. The molecule has 0 unspecified atom stereocenters. The number of benzene rings is 1. The molecule has 0 spiro atoms. The molecule has 3 rings (SSSR count). The summed E-state index contributed by atoms with van der Waals surface area (Å²) in [7, 11) is 0. The summed E-state index contributed by atoms with van der Waals surface area (Å²) < 4.78 is 1.71. The highest BCUT2D eigenvalue weighted by atomic mass is 35.5. The van der Waals surface area contributed by atoms with Crippen LogP contribution in [0, 0.1) is 6.92 Å². The maximum absolute atomic E-state index is 11.7. The molecule has 0 aliphatic rings. The maximum Gasteiger partial charge on any atom is 0.270 e. The SMILES string of the molecule is CCCl.Cc1cnc2c3ccccc3c(=O)[nH]n12. The number of aromatic nitrogens is 3. The average molecular weight is 264 g/mol. The number of nitrogens with one attached hydrogen (secondary N) is 1. The van der Waals surface area contributed by atoms with Crippen molar-refractivity contribution in [1.29, 1.82) is 0 Å². The Hall–Kier alpha value is -1.81. The quantitative estimate of drug-likeness (QED) is 0.634. The Labute approximate surface area is 109 Å². The van der Waals surface area contributed by atoms with E-state index in [9.17, 15) is 4.79 Å². The third kappa shape index (κ3) is 2.11. The van der Waals surface area contributed by atoms with Gasteiger partial charge in [0.05, 0.1) is 17.3 Å². The van der Waals surface area contributed by atoms with Gasteiger partial charge in [0.2, 0.25) is 0 Å². The van der Waals surface area contributed by atoms with Crippen molar-refractivity contribution in [3.63, 3.8) is 0 Å². The number of rotatable bonds is 0. The summed E-state index contributed by atoms with van der Waals surface area (Å²) in [5, 5.41) is 4.34. The van der Waals surface area contributed by atoms with E-state index in [0.717, 1.165) is 22.6 Å². The van der Waals surface area contributed by atoms with Gasteiger partial charge in [-0.1, -0.05) is 25.1 Å².